The minimum absolute atomic E-state index is 0.110. The third-order valence-electron chi connectivity index (χ3n) is 6.41. The van der Waals surface area contributed by atoms with Crippen molar-refractivity contribution in [2.45, 2.75) is 26.4 Å². The second-order valence-corrected chi connectivity index (χ2v) is 9.32. The maximum Gasteiger partial charge on any atom is 0.332 e. The molecule has 0 aliphatic carbocycles. The summed E-state index contributed by atoms with van der Waals surface area (Å²) in [6, 6.07) is 14.5. The molecule has 0 radical (unpaired) electrons. The van der Waals surface area contributed by atoms with Crippen LogP contribution in [-0.4, -0.2) is 31.8 Å². The van der Waals surface area contributed by atoms with Crippen LogP contribution in [0.2, 0.25) is 5.02 Å². The number of hydrogen-bond acceptors (Lipinski definition) is 4. The smallest absolute Gasteiger partial charge is 0.332 e. The van der Waals surface area contributed by atoms with Gasteiger partial charge in [0, 0.05) is 37.3 Å². The van der Waals surface area contributed by atoms with Crippen molar-refractivity contribution < 1.29 is 4.39 Å². The van der Waals surface area contributed by atoms with Crippen LogP contribution in [0.3, 0.4) is 0 Å². The van der Waals surface area contributed by atoms with E-state index in [4.69, 9.17) is 16.6 Å². The molecule has 0 spiro atoms. The summed E-state index contributed by atoms with van der Waals surface area (Å²) in [5, 5.41) is 0.171. The molecule has 5 rings (SSSR count). The Labute approximate surface area is 200 Å². The molecule has 3 heterocycles. The van der Waals surface area contributed by atoms with Gasteiger partial charge in [0.05, 0.1) is 6.54 Å². The Kier molecular flexibility index (Phi) is 5.77. The minimum Gasteiger partial charge on any atom is -0.342 e. The number of hydrogen-bond donors (Lipinski definition) is 0. The van der Waals surface area contributed by atoms with Crippen LogP contribution in [0, 0.1) is 11.7 Å². The molecule has 4 aromatic rings. The lowest BCUT2D eigenvalue weighted by molar-refractivity contribution is 0.436. The highest BCUT2D eigenvalue weighted by Gasteiger charge is 2.29. The number of anilines is 1. The number of rotatable bonds is 5. The van der Waals surface area contributed by atoms with Crippen molar-refractivity contribution in [1.29, 1.82) is 0 Å². The molecule has 0 unspecified atom stereocenters. The Hall–Kier alpha value is -3.39. The van der Waals surface area contributed by atoms with Gasteiger partial charge in [0.25, 0.3) is 5.56 Å². The van der Waals surface area contributed by atoms with Crippen LogP contribution < -0.4 is 16.1 Å². The van der Waals surface area contributed by atoms with Gasteiger partial charge >= 0.3 is 5.69 Å². The maximum atomic E-state index is 14.4. The fraction of sp³-hybridized carbons (Fsp3) is 0.320. The van der Waals surface area contributed by atoms with E-state index in [9.17, 15) is 14.0 Å². The van der Waals surface area contributed by atoms with E-state index in [1.54, 1.807) is 13.1 Å². The van der Waals surface area contributed by atoms with Crippen LogP contribution in [0.5, 0.6) is 0 Å². The predicted molar refractivity (Wildman–Crippen MR) is 131 cm³/mol. The molecule has 1 atom stereocenters. The van der Waals surface area contributed by atoms with E-state index in [0.717, 1.165) is 24.1 Å². The van der Waals surface area contributed by atoms with E-state index < -0.39 is 17.1 Å². The Bertz CT molecular complexity index is 1470. The van der Waals surface area contributed by atoms with Crippen LogP contribution in [0.1, 0.15) is 18.1 Å². The zero-order valence-corrected chi connectivity index (χ0v) is 19.8. The fourth-order valence-electron chi connectivity index (χ4n) is 4.68. The largest absolute Gasteiger partial charge is 0.342 e. The average Bonchev–Trinajstić information content (AvgIpc) is 3.21. The topological polar surface area (TPSA) is 65.1 Å². The lowest BCUT2D eigenvalue weighted by Gasteiger charge is -2.33. The van der Waals surface area contributed by atoms with Crippen molar-refractivity contribution in [2.24, 2.45) is 13.0 Å². The standard InChI is InChI=1S/C25H25ClFN5O2/c1-16-13-30(12-11-17-7-4-3-5-8-17)24-28-22-21(31(24)14-16)23(33)32(25(34)29(22)2)15-18-19(26)9-6-10-20(18)27/h3-10,16H,11-15H2,1-2H3/t16-/m1/s1. The molecule has 0 bridgehead atoms. The Balaban J connectivity index is 1.61. The number of aryl methyl sites for hydroxylation is 1. The van der Waals surface area contributed by atoms with Crippen LogP contribution in [-0.2, 0) is 26.6 Å². The first kappa shape index (κ1) is 22.4. The van der Waals surface area contributed by atoms with E-state index in [1.165, 1.54) is 22.3 Å². The highest BCUT2D eigenvalue weighted by Crippen LogP contribution is 2.27. The summed E-state index contributed by atoms with van der Waals surface area (Å²) in [5.74, 6) is 0.405. The maximum absolute atomic E-state index is 14.4. The highest BCUT2D eigenvalue weighted by atomic mass is 35.5. The summed E-state index contributed by atoms with van der Waals surface area (Å²) in [6.07, 6.45) is 0.839. The monoisotopic (exact) mass is 481 g/mol. The first-order valence-corrected chi connectivity index (χ1v) is 11.6. The van der Waals surface area contributed by atoms with Gasteiger partial charge < -0.3 is 9.47 Å². The third-order valence-corrected chi connectivity index (χ3v) is 6.77. The summed E-state index contributed by atoms with van der Waals surface area (Å²) in [5.41, 5.74) is 0.962. The third kappa shape index (κ3) is 3.81. The predicted octanol–water partition coefficient (Wildman–Crippen LogP) is 3.44. The van der Waals surface area contributed by atoms with Crippen molar-refractivity contribution in [3.63, 3.8) is 0 Å². The summed E-state index contributed by atoms with van der Waals surface area (Å²) in [7, 11) is 1.58. The van der Waals surface area contributed by atoms with Gasteiger partial charge in [0.1, 0.15) is 5.82 Å². The molecule has 1 aliphatic rings. The summed E-state index contributed by atoms with van der Waals surface area (Å²) >= 11 is 6.17. The summed E-state index contributed by atoms with van der Waals surface area (Å²) in [4.78, 5) is 33.6. The van der Waals surface area contributed by atoms with E-state index in [-0.39, 0.29) is 23.0 Å². The molecule has 0 amide bonds. The van der Waals surface area contributed by atoms with Crippen LogP contribution in [0.25, 0.3) is 11.2 Å². The van der Waals surface area contributed by atoms with E-state index in [0.29, 0.717) is 23.7 Å². The van der Waals surface area contributed by atoms with Crippen molar-refractivity contribution in [1.82, 2.24) is 18.7 Å². The molecular weight excluding hydrogens is 457 g/mol. The van der Waals surface area contributed by atoms with Gasteiger partial charge in [-0.05, 0) is 30.0 Å². The quantitative estimate of drug-likeness (QED) is 0.438. The van der Waals surface area contributed by atoms with Gasteiger partial charge in [-0.25, -0.2) is 9.18 Å². The first-order valence-electron chi connectivity index (χ1n) is 11.3. The number of benzene rings is 2. The van der Waals surface area contributed by atoms with Crippen LogP contribution >= 0.6 is 11.6 Å². The normalized spacial score (nSPS) is 15.6. The van der Waals surface area contributed by atoms with Crippen molar-refractivity contribution >= 4 is 28.7 Å². The average molecular weight is 482 g/mol. The van der Waals surface area contributed by atoms with Gasteiger partial charge in [-0.15, -0.1) is 0 Å². The Morgan fingerprint density at radius 3 is 2.59 bits per heavy atom. The van der Waals surface area contributed by atoms with Crippen LogP contribution in [0.4, 0.5) is 10.3 Å². The second kappa shape index (κ2) is 8.76. The molecule has 0 saturated carbocycles. The molecule has 7 nitrogen and oxygen atoms in total. The molecule has 0 fully saturated rings. The molecule has 9 heteroatoms. The lowest BCUT2D eigenvalue weighted by atomic mass is 10.1. The van der Waals surface area contributed by atoms with Gasteiger partial charge in [0.15, 0.2) is 11.2 Å². The SMILES string of the molecule is C[C@@H]1CN(CCc2ccccc2)c2nc3c(c(=O)n(Cc4c(F)cccc4Cl)c(=O)n3C)n2C1. The van der Waals surface area contributed by atoms with Gasteiger partial charge in [0.2, 0.25) is 5.95 Å². The van der Waals surface area contributed by atoms with Gasteiger partial charge in [-0.1, -0.05) is 54.9 Å². The molecule has 0 saturated heterocycles. The fourth-order valence-corrected chi connectivity index (χ4v) is 4.91. The zero-order chi connectivity index (χ0) is 24.0. The molecule has 176 valence electrons. The number of nitrogens with zero attached hydrogens (tertiary/aromatic N) is 5. The van der Waals surface area contributed by atoms with Crippen molar-refractivity contribution in [3.05, 3.63) is 91.3 Å². The molecule has 0 N–H and O–H groups in total. The number of fused-ring (bicyclic) bond motifs is 3. The summed E-state index contributed by atoms with van der Waals surface area (Å²) in [6.45, 7) is 4.04. The lowest BCUT2D eigenvalue weighted by Crippen LogP contribution is -2.41. The molecular formula is C25H25ClFN5O2. The number of aromatic nitrogens is 4. The van der Waals surface area contributed by atoms with E-state index >= 15 is 0 Å². The Morgan fingerprint density at radius 2 is 1.85 bits per heavy atom. The second-order valence-electron chi connectivity index (χ2n) is 8.91. The van der Waals surface area contributed by atoms with Crippen molar-refractivity contribution in [2.75, 3.05) is 18.0 Å². The van der Waals surface area contributed by atoms with E-state index in [1.807, 2.05) is 22.8 Å². The first-order chi connectivity index (χ1) is 16.3. The van der Waals surface area contributed by atoms with Crippen molar-refractivity contribution in [3.8, 4) is 0 Å². The summed E-state index contributed by atoms with van der Waals surface area (Å²) < 4.78 is 18.7. The van der Waals surface area contributed by atoms with E-state index in [2.05, 4.69) is 24.0 Å². The Morgan fingerprint density at radius 1 is 1.09 bits per heavy atom. The molecule has 34 heavy (non-hydrogen) atoms. The number of imidazole rings is 1. The van der Waals surface area contributed by atoms with Gasteiger partial charge in [-0.2, -0.15) is 4.98 Å². The van der Waals surface area contributed by atoms with Gasteiger partial charge in [-0.3, -0.25) is 13.9 Å². The minimum atomic E-state index is -0.559. The highest BCUT2D eigenvalue weighted by molar-refractivity contribution is 6.31. The zero-order valence-electron chi connectivity index (χ0n) is 19.0. The van der Waals surface area contributed by atoms with Crippen LogP contribution in [0.15, 0.2) is 58.1 Å². The molecule has 2 aromatic heterocycles. The molecule has 1 aliphatic heterocycles. The number of halogens is 2. The molecule has 2 aromatic carbocycles.